The Hall–Kier alpha value is -2.82. The average molecular weight is 352 g/mol. The first-order valence-electron chi connectivity index (χ1n) is 9.09. The van der Waals surface area contributed by atoms with Crippen LogP contribution in [-0.4, -0.2) is 35.9 Å². The molecule has 0 unspecified atom stereocenters. The minimum absolute atomic E-state index is 0.0548. The maximum atomic E-state index is 12.5. The number of benzene rings is 2. The smallest absolute Gasteiger partial charge is 0.265 e. The SMILES string of the molecule is CC[C@H](Oc1ccccc1)C(=O)Nc1ccc(C(=O)N2CCCC2)cc1. The van der Waals surface area contributed by atoms with Crippen molar-refractivity contribution in [1.29, 1.82) is 0 Å². The molecule has 5 nitrogen and oxygen atoms in total. The zero-order valence-corrected chi connectivity index (χ0v) is 15.0. The third-order valence-electron chi connectivity index (χ3n) is 4.48. The topological polar surface area (TPSA) is 58.6 Å². The highest BCUT2D eigenvalue weighted by atomic mass is 16.5. The molecule has 0 aliphatic carbocycles. The van der Waals surface area contributed by atoms with Gasteiger partial charge in [0.2, 0.25) is 0 Å². The molecule has 2 aromatic rings. The minimum Gasteiger partial charge on any atom is -0.481 e. The van der Waals surface area contributed by atoms with Crippen molar-refractivity contribution in [2.75, 3.05) is 18.4 Å². The van der Waals surface area contributed by atoms with E-state index in [-0.39, 0.29) is 11.8 Å². The Morgan fingerprint density at radius 1 is 1.04 bits per heavy atom. The number of hydrogen-bond acceptors (Lipinski definition) is 3. The molecule has 2 aromatic carbocycles. The predicted octanol–water partition coefficient (Wildman–Crippen LogP) is 3.72. The average Bonchev–Trinajstić information content (AvgIpc) is 3.21. The molecule has 0 aromatic heterocycles. The number of carbonyl (C=O) groups is 2. The van der Waals surface area contributed by atoms with Crippen LogP contribution in [0.3, 0.4) is 0 Å². The van der Waals surface area contributed by atoms with Crippen LogP contribution in [0, 0.1) is 0 Å². The van der Waals surface area contributed by atoms with Crippen molar-refractivity contribution in [2.45, 2.75) is 32.3 Å². The second-order valence-electron chi connectivity index (χ2n) is 6.39. The van der Waals surface area contributed by atoms with Gasteiger partial charge in [0.25, 0.3) is 11.8 Å². The lowest BCUT2D eigenvalue weighted by molar-refractivity contribution is -0.122. The number of para-hydroxylation sites is 1. The molecule has 3 rings (SSSR count). The number of anilines is 1. The number of carbonyl (C=O) groups excluding carboxylic acids is 2. The molecule has 1 fully saturated rings. The molecule has 1 N–H and O–H groups in total. The third kappa shape index (κ3) is 4.42. The summed E-state index contributed by atoms with van der Waals surface area (Å²) in [4.78, 5) is 26.7. The quantitative estimate of drug-likeness (QED) is 0.862. The Morgan fingerprint density at radius 2 is 1.69 bits per heavy atom. The molecular weight excluding hydrogens is 328 g/mol. The van der Waals surface area contributed by atoms with Crippen LogP contribution < -0.4 is 10.1 Å². The molecule has 0 saturated carbocycles. The van der Waals surface area contributed by atoms with Gasteiger partial charge in [0, 0.05) is 24.3 Å². The van der Waals surface area contributed by atoms with E-state index in [4.69, 9.17) is 4.74 Å². The van der Waals surface area contributed by atoms with Gasteiger partial charge in [0.1, 0.15) is 5.75 Å². The summed E-state index contributed by atoms with van der Waals surface area (Å²) in [5, 5.41) is 2.86. The van der Waals surface area contributed by atoms with Crippen LogP contribution in [0.5, 0.6) is 5.75 Å². The summed E-state index contributed by atoms with van der Waals surface area (Å²) in [6, 6.07) is 16.3. The molecule has 1 heterocycles. The number of hydrogen-bond donors (Lipinski definition) is 1. The molecule has 1 aliphatic rings. The van der Waals surface area contributed by atoms with Crippen molar-refractivity contribution < 1.29 is 14.3 Å². The molecular formula is C21H24N2O3. The molecule has 0 bridgehead atoms. The summed E-state index contributed by atoms with van der Waals surface area (Å²) in [6.07, 6.45) is 2.13. The number of amides is 2. The van der Waals surface area contributed by atoms with E-state index >= 15 is 0 Å². The molecule has 0 spiro atoms. The van der Waals surface area contributed by atoms with Gasteiger partial charge in [-0.15, -0.1) is 0 Å². The van der Waals surface area contributed by atoms with Crippen molar-refractivity contribution in [1.82, 2.24) is 4.90 Å². The van der Waals surface area contributed by atoms with E-state index in [0.29, 0.717) is 23.4 Å². The van der Waals surface area contributed by atoms with Gasteiger partial charge in [-0.05, 0) is 55.7 Å². The highest BCUT2D eigenvalue weighted by Crippen LogP contribution is 2.17. The van der Waals surface area contributed by atoms with Gasteiger partial charge < -0.3 is 15.0 Å². The molecule has 1 atom stereocenters. The number of rotatable bonds is 6. The summed E-state index contributed by atoms with van der Waals surface area (Å²) < 4.78 is 5.75. The van der Waals surface area contributed by atoms with Crippen molar-refractivity contribution >= 4 is 17.5 Å². The Morgan fingerprint density at radius 3 is 2.31 bits per heavy atom. The first-order valence-corrected chi connectivity index (χ1v) is 9.09. The van der Waals surface area contributed by atoms with Crippen molar-refractivity contribution in [3.8, 4) is 5.75 Å². The summed E-state index contributed by atoms with van der Waals surface area (Å²) in [6.45, 7) is 3.56. The van der Waals surface area contributed by atoms with E-state index in [9.17, 15) is 9.59 Å². The normalized spacial score (nSPS) is 14.7. The van der Waals surface area contributed by atoms with E-state index in [0.717, 1.165) is 25.9 Å². The van der Waals surface area contributed by atoms with Gasteiger partial charge in [-0.25, -0.2) is 0 Å². The standard InChI is InChI=1S/C21H24N2O3/c1-2-19(26-18-8-4-3-5-9-18)20(24)22-17-12-10-16(11-13-17)21(25)23-14-6-7-15-23/h3-5,8-13,19H,2,6-7,14-15H2,1H3,(H,22,24)/t19-/m0/s1. The predicted molar refractivity (Wildman–Crippen MR) is 101 cm³/mol. The van der Waals surface area contributed by atoms with Gasteiger partial charge >= 0.3 is 0 Å². The second-order valence-corrected chi connectivity index (χ2v) is 6.39. The summed E-state index contributed by atoms with van der Waals surface area (Å²) >= 11 is 0. The van der Waals surface area contributed by atoms with Crippen LogP contribution in [0.1, 0.15) is 36.5 Å². The monoisotopic (exact) mass is 352 g/mol. The fraction of sp³-hybridized carbons (Fsp3) is 0.333. The van der Waals surface area contributed by atoms with Crippen LogP contribution in [0.4, 0.5) is 5.69 Å². The maximum Gasteiger partial charge on any atom is 0.265 e. The Bertz CT molecular complexity index is 738. The highest BCUT2D eigenvalue weighted by molar-refractivity contribution is 5.97. The largest absolute Gasteiger partial charge is 0.481 e. The first-order chi connectivity index (χ1) is 12.7. The fourth-order valence-corrected chi connectivity index (χ4v) is 3.01. The maximum absolute atomic E-state index is 12.5. The molecule has 1 aliphatic heterocycles. The molecule has 0 radical (unpaired) electrons. The van der Waals surface area contributed by atoms with Crippen LogP contribution in [0.25, 0.3) is 0 Å². The number of nitrogens with zero attached hydrogens (tertiary/aromatic N) is 1. The zero-order valence-electron chi connectivity index (χ0n) is 15.0. The molecule has 2 amide bonds. The van der Waals surface area contributed by atoms with E-state index in [1.807, 2.05) is 42.2 Å². The van der Waals surface area contributed by atoms with Crippen molar-refractivity contribution in [2.24, 2.45) is 0 Å². The Balaban J connectivity index is 1.60. The van der Waals surface area contributed by atoms with Gasteiger partial charge in [0.15, 0.2) is 6.10 Å². The lowest BCUT2D eigenvalue weighted by Gasteiger charge is -2.18. The van der Waals surface area contributed by atoms with Gasteiger partial charge in [-0.3, -0.25) is 9.59 Å². The van der Waals surface area contributed by atoms with Crippen LogP contribution in [-0.2, 0) is 4.79 Å². The van der Waals surface area contributed by atoms with Gasteiger partial charge in [-0.1, -0.05) is 25.1 Å². The Labute approximate surface area is 154 Å². The number of nitrogens with one attached hydrogen (secondary N) is 1. The zero-order chi connectivity index (χ0) is 18.4. The van der Waals surface area contributed by atoms with Crippen molar-refractivity contribution in [3.05, 3.63) is 60.2 Å². The fourth-order valence-electron chi connectivity index (χ4n) is 3.01. The Kier molecular flexibility index (Phi) is 5.89. The molecule has 1 saturated heterocycles. The lowest BCUT2D eigenvalue weighted by Crippen LogP contribution is -2.32. The third-order valence-corrected chi connectivity index (χ3v) is 4.48. The first kappa shape index (κ1) is 18.0. The van der Waals surface area contributed by atoms with Crippen molar-refractivity contribution in [3.63, 3.8) is 0 Å². The summed E-state index contributed by atoms with van der Waals surface area (Å²) in [5.74, 6) is 0.523. The second kappa shape index (κ2) is 8.52. The van der Waals surface area contributed by atoms with E-state index in [1.165, 1.54) is 0 Å². The number of likely N-dealkylation sites (tertiary alicyclic amines) is 1. The lowest BCUT2D eigenvalue weighted by atomic mass is 10.1. The van der Waals surface area contributed by atoms with Crippen LogP contribution in [0.2, 0.25) is 0 Å². The van der Waals surface area contributed by atoms with E-state index in [2.05, 4.69) is 5.32 Å². The minimum atomic E-state index is -0.566. The number of ether oxygens (including phenoxy) is 1. The summed E-state index contributed by atoms with van der Waals surface area (Å²) in [5.41, 5.74) is 1.31. The molecule has 5 heteroatoms. The van der Waals surface area contributed by atoms with Crippen LogP contribution in [0.15, 0.2) is 54.6 Å². The summed E-state index contributed by atoms with van der Waals surface area (Å²) in [7, 11) is 0. The highest BCUT2D eigenvalue weighted by Gasteiger charge is 2.20. The van der Waals surface area contributed by atoms with E-state index in [1.54, 1.807) is 24.3 Å². The van der Waals surface area contributed by atoms with Gasteiger partial charge in [-0.2, -0.15) is 0 Å². The molecule has 26 heavy (non-hydrogen) atoms. The molecule has 136 valence electrons. The van der Waals surface area contributed by atoms with Gasteiger partial charge in [0.05, 0.1) is 0 Å². The van der Waals surface area contributed by atoms with Crippen LogP contribution >= 0.6 is 0 Å². The van der Waals surface area contributed by atoms with E-state index < -0.39 is 6.10 Å².